The van der Waals surface area contributed by atoms with Gasteiger partial charge >= 0.3 is 5.97 Å². The van der Waals surface area contributed by atoms with Crippen LogP contribution in [-0.4, -0.2) is 57.2 Å². The average Bonchev–Trinajstić information content (AvgIpc) is 3.45. The quantitative estimate of drug-likeness (QED) is 0.601. The molecule has 3 heterocycles. The molecule has 0 aromatic carbocycles. The molecule has 2 aromatic heterocycles. The van der Waals surface area contributed by atoms with Crippen LogP contribution in [0.4, 0.5) is 0 Å². The second kappa shape index (κ2) is 10.7. The molecule has 184 valence electrons. The lowest BCUT2D eigenvalue weighted by molar-refractivity contribution is -0.134. The topological polar surface area (TPSA) is 93.5 Å². The van der Waals surface area contributed by atoms with Crippen LogP contribution < -0.4 is 5.32 Å². The number of rotatable bonds is 7. The van der Waals surface area contributed by atoms with Crippen LogP contribution in [0.1, 0.15) is 84.6 Å². The summed E-state index contributed by atoms with van der Waals surface area (Å²) in [5, 5.41) is 9.60. The Morgan fingerprint density at radius 1 is 1.24 bits per heavy atom. The van der Waals surface area contributed by atoms with Gasteiger partial charge in [0.25, 0.3) is 5.91 Å². The Morgan fingerprint density at radius 2 is 1.97 bits per heavy atom. The molecule has 0 bridgehead atoms. The van der Waals surface area contributed by atoms with Gasteiger partial charge in [-0.25, -0.2) is 4.79 Å². The SMILES string of the molecule is CCOC(=O)c1cc2n(n1)C[C@@](C)(C(=O)NC1CCCCCCC1)N(CCc1cccs1)C2=O. The molecule has 2 amide bonds. The molecule has 1 N–H and O–H groups in total. The first kappa shape index (κ1) is 24.4. The van der Waals surface area contributed by atoms with E-state index in [9.17, 15) is 14.4 Å². The Hall–Kier alpha value is -2.68. The Kier molecular flexibility index (Phi) is 7.70. The Morgan fingerprint density at radius 3 is 2.65 bits per heavy atom. The largest absolute Gasteiger partial charge is 0.461 e. The van der Waals surface area contributed by atoms with Gasteiger partial charge in [0.1, 0.15) is 11.2 Å². The number of carbonyl (C=O) groups excluding carboxylic acids is 3. The highest BCUT2D eigenvalue weighted by Gasteiger charge is 2.48. The fourth-order valence-corrected chi connectivity index (χ4v) is 5.61. The lowest BCUT2D eigenvalue weighted by atomic mass is 9.92. The van der Waals surface area contributed by atoms with Gasteiger partial charge in [-0.05, 0) is 44.6 Å². The lowest BCUT2D eigenvalue weighted by Gasteiger charge is -2.44. The summed E-state index contributed by atoms with van der Waals surface area (Å²) in [6, 6.07) is 5.62. The second-order valence-corrected chi connectivity index (χ2v) is 10.4. The first-order chi connectivity index (χ1) is 16.4. The highest BCUT2D eigenvalue weighted by Crippen LogP contribution is 2.29. The molecular formula is C25H34N4O4S. The molecule has 0 saturated heterocycles. The molecule has 34 heavy (non-hydrogen) atoms. The zero-order valence-corrected chi connectivity index (χ0v) is 20.9. The average molecular weight is 487 g/mol. The monoisotopic (exact) mass is 486 g/mol. The number of aromatic nitrogens is 2. The van der Waals surface area contributed by atoms with E-state index >= 15 is 0 Å². The molecule has 2 aromatic rings. The molecule has 2 aliphatic rings. The normalized spacial score (nSPS) is 21.5. The maximum absolute atomic E-state index is 13.7. The van der Waals surface area contributed by atoms with Crippen LogP contribution in [0.3, 0.4) is 0 Å². The molecule has 1 aliphatic heterocycles. The number of fused-ring (bicyclic) bond motifs is 1. The van der Waals surface area contributed by atoms with Crippen LogP contribution in [0.25, 0.3) is 0 Å². The molecule has 0 radical (unpaired) electrons. The van der Waals surface area contributed by atoms with Gasteiger partial charge < -0.3 is 15.0 Å². The number of hydrogen-bond acceptors (Lipinski definition) is 6. The van der Waals surface area contributed by atoms with Gasteiger partial charge in [-0.2, -0.15) is 5.10 Å². The lowest BCUT2D eigenvalue weighted by Crippen LogP contribution is -2.65. The molecule has 0 unspecified atom stereocenters. The molecule has 0 spiro atoms. The minimum absolute atomic E-state index is 0.0908. The molecule has 4 rings (SSSR count). The van der Waals surface area contributed by atoms with Crippen LogP contribution in [0.15, 0.2) is 23.6 Å². The van der Waals surface area contributed by atoms with E-state index in [1.807, 2.05) is 24.4 Å². The van der Waals surface area contributed by atoms with Crippen molar-refractivity contribution in [2.45, 2.75) is 83.3 Å². The summed E-state index contributed by atoms with van der Waals surface area (Å²) in [5.41, 5.74) is -0.708. The summed E-state index contributed by atoms with van der Waals surface area (Å²) in [6.45, 7) is 4.36. The summed E-state index contributed by atoms with van der Waals surface area (Å²) < 4.78 is 6.56. The van der Waals surface area contributed by atoms with Crippen molar-refractivity contribution in [2.75, 3.05) is 13.2 Å². The van der Waals surface area contributed by atoms with Crippen molar-refractivity contribution >= 4 is 29.1 Å². The van der Waals surface area contributed by atoms with Crippen LogP contribution in [-0.2, 0) is 22.5 Å². The Labute approximate surface area is 204 Å². The number of thiophene rings is 1. The van der Waals surface area contributed by atoms with E-state index in [2.05, 4.69) is 10.4 Å². The van der Waals surface area contributed by atoms with Crippen molar-refractivity contribution in [3.05, 3.63) is 39.8 Å². The van der Waals surface area contributed by atoms with Crippen molar-refractivity contribution in [2.24, 2.45) is 0 Å². The zero-order valence-electron chi connectivity index (χ0n) is 20.0. The maximum atomic E-state index is 13.7. The molecule has 1 aliphatic carbocycles. The number of ether oxygens (including phenoxy) is 1. The summed E-state index contributed by atoms with van der Waals surface area (Å²) in [7, 11) is 0. The molecule has 9 heteroatoms. The number of nitrogens with one attached hydrogen (secondary N) is 1. The van der Waals surface area contributed by atoms with Gasteiger partial charge in [0.15, 0.2) is 5.69 Å². The smallest absolute Gasteiger partial charge is 0.358 e. The highest BCUT2D eigenvalue weighted by atomic mass is 32.1. The minimum Gasteiger partial charge on any atom is -0.461 e. The van der Waals surface area contributed by atoms with E-state index in [4.69, 9.17) is 4.74 Å². The number of carbonyl (C=O) groups is 3. The summed E-state index contributed by atoms with van der Waals surface area (Å²) >= 11 is 1.64. The van der Waals surface area contributed by atoms with Crippen LogP contribution >= 0.6 is 11.3 Å². The van der Waals surface area contributed by atoms with E-state index < -0.39 is 11.5 Å². The third kappa shape index (κ3) is 5.19. The number of esters is 1. The van der Waals surface area contributed by atoms with E-state index in [1.54, 1.807) is 23.2 Å². The molecule has 8 nitrogen and oxygen atoms in total. The number of amides is 2. The van der Waals surface area contributed by atoms with Crippen molar-refractivity contribution in [1.82, 2.24) is 20.0 Å². The van der Waals surface area contributed by atoms with Gasteiger partial charge in [0.2, 0.25) is 5.91 Å². The van der Waals surface area contributed by atoms with E-state index in [0.717, 1.165) is 30.6 Å². The van der Waals surface area contributed by atoms with Crippen molar-refractivity contribution in [3.8, 4) is 0 Å². The van der Waals surface area contributed by atoms with Crippen LogP contribution in [0.5, 0.6) is 0 Å². The number of nitrogens with zero attached hydrogens (tertiary/aromatic N) is 3. The van der Waals surface area contributed by atoms with Crippen molar-refractivity contribution in [1.29, 1.82) is 0 Å². The van der Waals surface area contributed by atoms with E-state index in [-0.39, 0.29) is 36.7 Å². The van der Waals surface area contributed by atoms with Gasteiger partial charge in [-0.3, -0.25) is 14.3 Å². The van der Waals surface area contributed by atoms with Crippen LogP contribution in [0.2, 0.25) is 0 Å². The van der Waals surface area contributed by atoms with Gasteiger partial charge in [-0.1, -0.05) is 38.2 Å². The zero-order chi connectivity index (χ0) is 24.1. The summed E-state index contributed by atoms with van der Waals surface area (Å²) in [6.07, 6.45) is 8.45. The predicted molar refractivity (Wildman–Crippen MR) is 130 cm³/mol. The van der Waals surface area contributed by atoms with Crippen molar-refractivity contribution in [3.63, 3.8) is 0 Å². The minimum atomic E-state index is -1.11. The van der Waals surface area contributed by atoms with Gasteiger partial charge in [-0.15, -0.1) is 11.3 Å². The summed E-state index contributed by atoms with van der Waals surface area (Å²) in [4.78, 5) is 42.4. The van der Waals surface area contributed by atoms with Crippen LogP contribution in [0, 0.1) is 0 Å². The van der Waals surface area contributed by atoms with Crippen molar-refractivity contribution < 1.29 is 19.1 Å². The van der Waals surface area contributed by atoms with E-state index in [1.165, 1.54) is 30.0 Å². The maximum Gasteiger partial charge on any atom is 0.358 e. The van der Waals surface area contributed by atoms with Gasteiger partial charge in [0.05, 0.1) is 13.2 Å². The standard InChI is InChI=1S/C25H34N4O4S/c1-3-33-23(31)20-16-21-22(30)28(14-13-19-12-9-15-34-19)25(2,17-29(21)27-20)24(32)26-18-10-7-5-4-6-8-11-18/h9,12,15-16,18H,3-8,10-11,13-14,17H2,1-2H3,(H,26,32)/t25-/m0/s1. The fourth-order valence-electron chi connectivity index (χ4n) is 4.91. The summed E-state index contributed by atoms with van der Waals surface area (Å²) in [5.74, 6) is -1.01. The Balaban J connectivity index is 1.60. The fraction of sp³-hybridized carbons (Fsp3) is 0.600. The van der Waals surface area contributed by atoms with E-state index in [0.29, 0.717) is 18.7 Å². The third-order valence-electron chi connectivity index (χ3n) is 6.87. The Bertz CT molecular complexity index is 1010. The third-order valence-corrected chi connectivity index (χ3v) is 7.81. The molecule has 1 saturated carbocycles. The molecular weight excluding hydrogens is 452 g/mol. The first-order valence-electron chi connectivity index (χ1n) is 12.3. The highest BCUT2D eigenvalue weighted by molar-refractivity contribution is 7.09. The van der Waals surface area contributed by atoms with Gasteiger partial charge in [0, 0.05) is 23.5 Å². The second-order valence-electron chi connectivity index (χ2n) is 9.37. The first-order valence-corrected chi connectivity index (χ1v) is 13.2. The number of hydrogen-bond donors (Lipinski definition) is 1. The molecule has 1 atom stereocenters. The molecule has 1 fully saturated rings. The predicted octanol–water partition coefficient (Wildman–Crippen LogP) is 3.81.